The molecule has 1 N–H and O–H groups in total. The zero-order chi connectivity index (χ0) is 23.5. The first-order valence-electron chi connectivity index (χ1n) is 11.5. The molecular weight excluding hydrogens is 422 g/mol. The second-order valence-electron chi connectivity index (χ2n) is 10.0. The molecule has 1 aromatic heterocycles. The molecule has 0 radical (unpaired) electrons. The number of nitrogens with zero attached hydrogens (tertiary/aromatic N) is 1. The van der Waals surface area contributed by atoms with Gasteiger partial charge in [0.25, 0.3) is 0 Å². The summed E-state index contributed by atoms with van der Waals surface area (Å²) in [7, 11) is 1.37. The van der Waals surface area contributed by atoms with Gasteiger partial charge in [-0.3, -0.25) is 4.79 Å². The minimum Gasteiger partial charge on any atom is -0.465 e. The van der Waals surface area contributed by atoms with Crippen LogP contribution in [0.2, 0.25) is 0 Å². The Morgan fingerprint density at radius 1 is 1.19 bits per heavy atom. The van der Waals surface area contributed by atoms with E-state index in [0.717, 1.165) is 24.1 Å². The fourth-order valence-electron chi connectivity index (χ4n) is 4.31. The number of aliphatic hydroxyl groups is 1. The van der Waals surface area contributed by atoms with Crippen molar-refractivity contribution in [2.75, 3.05) is 12.0 Å². The van der Waals surface area contributed by atoms with E-state index in [4.69, 9.17) is 4.74 Å². The molecule has 1 unspecified atom stereocenters. The summed E-state index contributed by atoms with van der Waals surface area (Å²) in [5.74, 6) is 5.93. The lowest BCUT2D eigenvalue weighted by atomic mass is 9.86. The van der Waals surface area contributed by atoms with Crippen molar-refractivity contribution in [1.82, 2.24) is 0 Å². The second kappa shape index (κ2) is 10.2. The first-order valence-corrected chi connectivity index (χ1v) is 12.3. The molecule has 32 heavy (non-hydrogen) atoms. The van der Waals surface area contributed by atoms with Gasteiger partial charge in [0.05, 0.1) is 23.8 Å². The lowest BCUT2D eigenvalue weighted by molar-refractivity contribution is -0.123. The molecule has 0 aromatic carbocycles. The van der Waals surface area contributed by atoms with Gasteiger partial charge in [-0.25, -0.2) is 4.79 Å². The first kappa shape index (κ1) is 24.5. The molecule has 1 aromatic rings. The van der Waals surface area contributed by atoms with Crippen LogP contribution in [0.5, 0.6) is 0 Å². The molecule has 3 rings (SSSR count). The Kier molecular flexibility index (Phi) is 7.84. The van der Waals surface area contributed by atoms with E-state index in [-0.39, 0.29) is 29.4 Å². The van der Waals surface area contributed by atoms with Gasteiger partial charge in [0.1, 0.15) is 4.88 Å². The topological polar surface area (TPSA) is 66.8 Å². The van der Waals surface area contributed by atoms with Crippen LogP contribution in [-0.4, -0.2) is 36.2 Å². The predicted molar refractivity (Wildman–Crippen MR) is 129 cm³/mol. The van der Waals surface area contributed by atoms with Gasteiger partial charge in [-0.1, -0.05) is 23.5 Å². The Balaban J connectivity index is 2.04. The van der Waals surface area contributed by atoms with E-state index in [2.05, 4.69) is 24.8 Å². The second-order valence-corrected chi connectivity index (χ2v) is 11.1. The molecule has 0 saturated heterocycles. The summed E-state index contributed by atoms with van der Waals surface area (Å²) in [5, 5.41) is 10.0. The van der Waals surface area contributed by atoms with Crippen LogP contribution in [0.3, 0.4) is 0 Å². The molecule has 1 heterocycles. The Bertz CT molecular complexity index is 935. The third kappa shape index (κ3) is 6.02. The molecule has 0 spiro atoms. The molecule has 1 amide bonds. The van der Waals surface area contributed by atoms with Crippen molar-refractivity contribution < 1.29 is 19.4 Å². The molecule has 0 bridgehead atoms. The number of ether oxygens (including phenoxy) is 1. The minimum atomic E-state index is -0.443. The summed E-state index contributed by atoms with van der Waals surface area (Å²) in [6.07, 6.45) is 7.06. The minimum absolute atomic E-state index is 0.0423. The molecule has 2 aliphatic carbocycles. The van der Waals surface area contributed by atoms with Crippen LogP contribution in [-0.2, 0) is 9.53 Å². The molecule has 174 valence electrons. The van der Waals surface area contributed by atoms with E-state index in [1.165, 1.54) is 24.0 Å². The van der Waals surface area contributed by atoms with Crippen molar-refractivity contribution in [2.24, 2.45) is 11.3 Å². The van der Waals surface area contributed by atoms with Crippen LogP contribution < -0.4 is 4.90 Å². The summed E-state index contributed by atoms with van der Waals surface area (Å²) >= 11 is 1.29. The van der Waals surface area contributed by atoms with E-state index < -0.39 is 5.97 Å². The Hall–Kier alpha value is -2.10. The van der Waals surface area contributed by atoms with Gasteiger partial charge in [-0.15, -0.1) is 11.3 Å². The van der Waals surface area contributed by atoms with E-state index in [1.807, 2.05) is 31.7 Å². The monoisotopic (exact) mass is 457 g/mol. The SMILES string of the molecule is COC(=O)c1sc(C#CC(C)(C)C)cc1N(C(=O)C1CC=C(C)CC1)C1CCC(O)CC1. The highest BCUT2D eigenvalue weighted by Gasteiger charge is 2.36. The first-order chi connectivity index (χ1) is 15.1. The van der Waals surface area contributed by atoms with Crippen molar-refractivity contribution in [1.29, 1.82) is 0 Å². The summed E-state index contributed by atoms with van der Waals surface area (Å²) in [4.78, 5) is 29.5. The number of methoxy groups -OCH3 is 1. The Morgan fingerprint density at radius 3 is 2.44 bits per heavy atom. The van der Waals surface area contributed by atoms with E-state index in [0.29, 0.717) is 36.2 Å². The van der Waals surface area contributed by atoms with Crippen molar-refractivity contribution in [3.05, 3.63) is 27.5 Å². The Morgan fingerprint density at radius 2 is 1.88 bits per heavy atom. The third-order valence-electron chi connectivity index (χ3n) is 6.16. The number of carbonyl (C=O) groups excluding carboxylic acids is 2. The highest BCUT2D eigenvalue weighted by Crippen LogP contribution is 2.38. The van der Waals surface area contributed by atoms with Crippen LogP contribution in [0.1, 0.15) is 87.2 Å². The lowest BCUT2D eigenvalue weighted by Crippen LogP contribution is -2.46. The number of thiophene rings is 1. The number of hydrogen-bond acceptors (Lipinski definition) is 5. The third-order valence-corrected chi connectivity index (χ3v) is 7.18. The van der Waals surface area contributed by atoms with Gasteiger partial charge in [-0.2, -0.15) is 0 Å². The summed E-state index contributed by atoms with van der Waals surface area (Å²) < 4.78 is 5.07. The van der Waals surface area contributed by atoms with Gasteiger partial charge >= 0.3 is 5.97 Å². The van der Waals surface area contributed by atoms with Gasteiger partial charge in [-0.05, 0) is 78.7 Å². The highest BCUT2D eigenvalue weighted by molar-refractivity contribution is 7.15. The summed E-state index contributed by atoms with van der Waals surface area (Å²) in [6.45, 7) is 8.22. The molecular formula is C26H35NO4S. The standard InChI is InChI=1S/C26H35NO4S/c1-17-6-8-18(9-7-17)24(29)27(19-10-12-20(28)13-11-19)22-16-21(14-15-26(2,3)4)32-23(22)25(30)31-5/h6,16,18-20,28H,7-13H2,1-5H3. The Labute approximate surface area is 195 Å². The molecule has 1 saturated carbocycles. The van der Waals surface area contributed by atoms with E-state index >= 15 is 0 Å². The number of carbonyl (C=O) groups is 2. The molecule has 6 heteroatoms. The maximum atomic E-state index is 13.8. The fraction of sp³-hybridized carbons (Fsp3) is 0.615. The molecule has 1 atom stereocenters. The van der Waals surface area contributed by atoms with Gasteiger partial charge < -0.3 is 14.7 Å². The number of amides is 1. The lowest BCUT2D eigenvalue weighted by Gasteiger charge is -2.38. The molecule has 2 aliphatic rings. The number of rotatable bonds is 4. The number of hydrogen-bond donors (Lipinski definition) is 1. The van der Waals surface area contributed by atoms with E-state index in [9.17, 15) is 14.7 Å². The number of aliphatic hydroxyl groups excluding tert-OH is 1. The average Bonchev–Trinajstić information content (AvgIpc) is 3.17. The average molecular weight is 458 g/mol. The zero-order valence-corrected chi connectivity index (χ0v) is 20.7. The van der Waals surface area contributed by atoms with Gasteiger partial charge in [0, 0.05) is 17.4 Å². The fourth-order valence-corrected chi connectivity index (χ4v) is 5.23. The normalized spacial score (nSPS) is 23.6. The largest absolute Gasteiger partial charge is 0.465 e. The highest BCUT2D eigenvalue weighted by atomic mass is 32.1. The van der Waals surface area contributed by atoms with Crippen molar-refractivity contribution >= 4 is 28.9 Å². The maximum absolute atomic E-state index is 13.8. The smallest absolute Gasteiger partial charge is 0.350 e. The molecule has 5 nitrogen and oxygen atoms in total. The number of esters is 1. The van der Waals surface area contributed by atoms with Crippen LogP contribution in [0, 0.1) is 23.2 Å². The molecule has 1 fully saturated rings. The number of anilines is 1. The van der Waals surface area contributed by atoms with Crippen LogP contribution in [0.15, 0.2) is 17.7 Å². The van der Waals surface area contributed by atoms with Gasteiger partial charge in [0.15, 0.2) is 0 Å². The molecule has 0 aliphatic heterocycles. The van der Waals surface area contributed by atoms with E-state index in [1.54, 1.807) is 0 Å². The van der Waals surface area contributed by atoms with Crippen LogP contribution in [0.25, 0.3) is 0 Å². The zero-order valence-electron chi connectivity index (χ0n) is 19.9. The number of allylic oxidation sites excluding steroid dienone is 2. The van der Waals surface area contributed by atoms with Gasteiger partial charge in [0.2, 0.25) is 5.91 Å². The van der Waals surface area contributed by atoms with Crippen molar-refractivity contribution in [2.45, 2.75) is 84.8 Å². The summed E-state index contributed by atoms with van der Waals surface area (Å²) in [6, 6.07) is 1.84. The van der Waals surface area contributed by atoms with Crippen molar-refractivity contribution in [3.8, 4) is 11.8 Å². The maximum Gasteiger partial charge on any atom is 0.350 e. The van der Waals surface area contributed by atoms with Crippen LogP contribution in [0.4, 0.5) is 5.69 Å². The predicted octanol–water partition coefficient (Wildman–Crippen LogP) is 5.32. The summed E-state index contributed by atoms with van der Waals surface area (Å²) in [5.41, 5.74) is 1.77. The quantitative estimate of drug-likeness (QED) is 0.378. The van der Waals surface area contributed by atoms with Crippen molar-refractivity contribution in [3.63, 3.8) is 0 Å². The van der Waals surface area contributed by atoms with Crippen LogP contribution >= 0.6 is 11.3 Å².